The van der Waals surface area contributed by atoms with Crippen molar-refractivity contribution < 1.29 is 32.6 Å². The highest BCUT2D eigenvalue weighted by Crippen LogP contribution is 2.32. The van der Waals surface area contributed by atoms with E-state index < -0.39 is 12.6 Å². The van der Waals surface area contributed by atoms with Gasteiger partial charge in [-0.3, -0.25) is 4.79 Å². The molecule has 27 heavy (non-hydrogen) atoms. The van der Waals surface area contributed by atoms with Crippen molar-refractivity contribution >= 4 is 11.8 Å². The maximum atomic E-state index is 13.0. The van der Waals surface area contributed by atoms with Crippen molar-refractivity contribution in [1.29, 1.82) is 0 Å². The number of furan rings is 1. The highest BCUT2D eigenvalue weighted by Gasteiger charge is 2.19. The van der Waals surface area contributed by atoms with Crippen LogP contribution in [0.2, 0.25) is 0 Å². The van der Waals surface area contributed by atoms with Crippen molar-refractivity contribution in [3.8, 4) is 22.8 Å². The lowest BCUT2D eigenvalue weighted by molar-refractivity contribution is 0.0445. The molecular weight excluding hydrogens is 355 g/mol. The molecule has 1 aliphatic rings. The molecule has 3 aromatic rings. The molecule has 7 heteroatoms. The minimum Gasteiger partial charge on any atom is -0.454 e. The predicted octanol–water partition coefficient (Wildman–Crippen LogP) is 3.85. The van der Waals surface area contributed by atoms with Gasteiger partial charge in [-0.1, -0.05) is 0 Å². The van der Waals surface area contributed by atoms with Crippen LogP contribution in [0.3, 0.4) is 0 Å². The first-order valence-electron chi connectivity index (χ1n) is 8.06. The van der Waals surface area contributed by atoms with Gasteiger partial charge in [0.1, 0.15) is 11.6 Å². The molecule has 0 fully saturated rings. The van der Waals surface area contributed by atoms with Gasteiger partial charge in [0.05, 0.1) is 0 Å². The van der Waals surface area contributed by atoms with Crippen LogP contribution in [0.1, 0.15) is 20.9 Å². The van der Waals surface area contributed by atoms with Crippen LogP contribution in [-0.2, 0) is 4.74 Å². The zero-order valence-electron chi connectivity index (χ0n) is 13.9. The van der Waals surface area contributed by atoms with Gasteiger partial charge in [0.25, 0.3) is 0 Å². The second kappa shape index (κ2) is 6.95. The molecular formula is C20H13FO6. The summed E-state index contributed by atoms with van der Waals surface area (Å²) in [7, 11) is 0. The SMILES string of the molecule is O=C(COC(=O)c1ccc(-c2ccc(F)cc2)o1)c1ccc2c(c1)OCO2. The number of rotatable bonds is 5. The van der Waals surface area contributed by atoms with Gasteiger partial charge in [-0.05, 0) is 54.6 Å². The van der Waals surface area contributed by atoms with Crippen molar-refractivity contribution in [2.24, 2.45) is 0 Å². The number of hydrogen-bond acceptors (Lipinski definition) is 6. The van der Waals surface area contributed by atoms with Crippen LogP contribution in [0.25, 0.3) is 11.3 Å². The van der Waals surface area contributed by atoms with Crippen molar-refractivity contribution in [3.63, 3.8) is 0 Å². The second-order valence-corrected chi connectivity index (χ2v) is 5.74. The van der Waals surface area contributed by atoms with Crippen LogP contribution in [0.15, 0.2) is 59.0 Å². The van der Waals surface area contributed by atoms with Gasteiger partial charge in [-0.15, -0.1) is 0 Å². The molecule has 0 N–H and O–H groups in total. The fourth-order valence-corrected chi connectivity index (χ4v) is 2.57. The minimum atomic E-state index is -0.766. The van der Waals surface area contributed by atoms with Crippen molar-refractivity contribution in [2.75, 3.05) is 13.4 Å². The summed E-state index contributed by atoms with van der Waals surface area (Å²) in [5, 5.41) is 0. The lowest BCUT2D eigenvalue weighted by Gasteiger charge is -2.04. The minimum absolute atomic E-state index is 0.0483. The highest BCUT2D eigenvalue weighted by molar-refractivity contribution is 5.99. The number of Topliss-reactive ketones (excluding diaryl/α,β-unsaturated/α-hetero) is 1. The molecule has 1 aliphatic heterocycles. The number of ether oxygens (including phenoxy) is 3. The molecule has 0 radical (unpaired) electrons. The number of carbonyl (C=O) groups excluding carboxylic acids is 2. The Kier molecular flexibility index (Phi) is 4.33. The lowest BCUT2D eigenvalue weighted by Crippen LogP contribution is -2.13. The summed E-state index contributed by atoms with van der Waals surface area (Å²) in [6.07, 6.45) is 0. The molecule has 1 aromatic heterocycles. The normalized spacial score (nSPS) is 12.0. The van der Waals surface area contributed by atoms with Crippen LogP contribution in [0.5, 0.6) is 11.5 Å². The van der Waals surface area contributed by atoms with Crippen LogP contribution in [-0.4, -0.2) is 25.2 Å². The van der Waals surface area contributed by atoms with E-state index in [2.05, 4.69) is 0 Å². The number of ketones is 1. The van der Waals surface area contributed by atoms with Gasteiger partial charge >= 0.3 is 5.97 Å². The number of esters is 1. The van der Waals surface area contributed by atoms with E-state index in [1.54, 1.807) is 18.2 Å². The van der Waals surface area contributed by atoms with Crippen LogP contribution >= 0.6 is 0 Å². The first-order chi connectivity index (χ1) is 13.1. The summed E-state index contributed by atoms with van der Waals surface area (Å²) in [6, 6.07) is 13.4. The molecule has 2 aromatic carbocycles. The molecule has 0 atom stereocenters. The van der Waals surface area contributed by atoms with Gasteiger partial charge in [0, 0.05) is 11.1 Å². The Labute approximate surface area is 153 Å². The third kappa shape index (κ3) is 3.52. The second-order valence-electron chi connectivity index (χ2n) is 5.74. The van der Waals surface area contributed by atoms with E-state index in [9.17, 15) is 14.0 Å². The van der Waals surface area contributed by atoms with E-state index in [0.29, 0.717) is 28.4 Å². The molecule has 0 saturated carbocycles. The molecule has 0 bridgehead atoms. The first kappa shape index (κ1) is 16.8. The molecule has 0 amide bonds. The largest absolute Gasteiger partial charge is 0.454 e. The number of carbonyl (C=O) groups is 2. The number of fused-ring (bicyclic) bond motifs is 1. The smallest absolute Gasteiger partial charge is 0.374 e. The number of hydrogen-bond donors (Lipinski definition) is 0. The summed E-state index contributed by atoms with van der Waals surface area (Å²) in [6.45, 7) is -0.331. The first-order valence-corrected chi connectivity index (χ1v) is 8.06. The Hall–Kier alpha value is -3.61. The summed E-state index contributed by atoms with van der Waals surface area (Å²) in [5.74, 6) is -0.136. The maximum Gasteiger partial charge on any atom is 0.374 e. The summed E-state index contributed by atoms with van der Waals surface area (Å²) in [5.41, 5.74) is 0.963. The molecule has 2 heterocycles. The Morgan fingerprint density at radius 2 is 1.74 bits per heavy atom. The highest BCUT2D eigenvalue weighted by atomic mass is 19.1. The Balaban J connectivity index is 1.39. The molecule has 4 rings (SSSR count). The van der Waals surface area contributed by atoms with Crippen LogP contribution in [0.4, 0.5) is 4.39 Å². The number of halogens is 1. The quantitative estimate of drug-likeness (QED) is 0.503. The average molecular weight is 368 g/mol. The number of benzene rings is 2. The molecule has 0 spiro atoms. The Morgan fingerprint density at radius 1 is 0.963 bits per heavy atom. The van der Waals surface area contributed by atoms with Gasteiger partial charge in [-0.25, -0.2) is 9.18 Å². The van der Waals surface area contributed by atoms with Crippen molar-refractivity contribution in [1.82, 2.24) is 0 Å². The Morgan fingerprint density at radius 3 is 2.56 bits per heavy atom. The van der Waals surface area contributed by atoms with Gasteiger partial charge in [0.2, 0.25) is 12.6 Å². The van der Waals surface area contributed by atoms with E-state index in [1.807, 2.05) is 0 Å². The monoisotopic (exact) mass is 368 g/mol. The standard InChI is InChI=1S/C20H13FO6/c21-14-4-1-12(2-5-14)16-7-8-18(27-16)20(23)24-10-15(22)13-3-6-17-19(9-13)26-11-25-17/h1-9H,10-11H2. The van der Waals surface area contributed by atoms with E-state index >= 15 is 0 Å². The molecule has 0 saturated heterocycles. The Bertz CT molecular complexity index is 1010. The van der Waals surface area contributed by atoms with Gasteiger partial charge in [0.15, 0.2) is 23.9 Å². The topological polar surface area (TPSA) is 75.0 Å². The summed E-state index contributed by atoms with van der Waals surface area (Å²) in [4.78, 5) is 24.3. The van der Waals surface area contributed by atoms with Crippen LogP contribution < -0.4 is 9.47 Å². The third-order valence-electron chi connectivity index (χ3n) is 3.96. The van der Waals surface area contributed by atoms with E-state index in [-0.39, 0.29) is 24.2 Å². The third-order valence-corrected chi connectivity index (χ3v) is 3.96. The maximum absolute atomic E-state index is 13.0. The van der Waals surface area contributed by atoms with Crippen molar-refractivity contribution in [2.45, 2.75) is 0 Å². The fraction of sp³-hybridized carbons (Fsp3) is 0.100. The molecule has 0 unspecified atom stereocenters. The van der Waals surface area contributed by atoms with Gasteiger partial charge in [-0.2, -0.15) is 0 Å². The molecule has 136 valence electrons. The van der Waals surface area contributed by atoms with E-state index in [0.717, 1.165) is 0 Å². The summed E-state index contributed by atoms with van der Waals surface area (Å²) >= 11 is 0. The summed E-state index contributed by atoms with van der Waals surface area (Å²) < 4.78 is 33.8. The lowest BCUT2D eigenvalue weighted by atomic mass is 10.1. The van der Waals surface area contributed by atoms with E-state index in [4.69, 9.17) is 18.6 Å². The molecule has 0 aliphatic carbocycles. The predicted molar refractivity (Wildman–Crippen MR) is 91.3 cm³/mol. The molecule has 6 nitrogen and oxygen atoms in total. The van der Waals surface area contributed by atoms with E-state index in [1.165, 1.54) is 36.4 Å². The average Bonchev–Trinajstić information content (AvgIpc) is 3.35. The van der Waals surface area contributed by atoms with Crippen LogP contribution in [0, 0.1) is 5.82 Å². The zero-order valence-corrected chi connectivity index (χ0v) is 13.9. The zero-order chi connectivity index (χ0) is 18.8. The van der Waals surface area contributed by atoms with Crippen molar-refractivity contribution in [3.05, 3.63) is 71.7 Å². The van der Waals surface area contributed by atoms with Gasteiger partial charge < -0.3 is 18.6 Å². The fourth-order valence-electron chi connectivity index (χ4n) is 2.57.